The Hall–Kier alpha value is -2.77. The molecule has 0 fully saturated rings. The molecule has 2 aromatic rings. The molecule has 2 N–H and O–H groups in total. The molecule has 0 spiro atoms. The summed E-state index contributed by atoms with van der Waals surface area (Å²) in [6.45, 7) is 1.88. The first-order valence-electron chi connectivity index (χ1n) is 6.16. The lowest BCUT2D eigenvalue weighted by Gasteiger charge is -2.12. The summed E-state index contributed by atoms with van der Waals surface area (Å²) >= 11 is 0. The van der Waals surface area contributed by atoms with Gasteiger partial charge in [-0.05, 0) is 19.1 Å². The first-order valence-corrected chi connectivity index (χ1v) is 6.16. The van der Waals surface area contributed by atoms with E-state index >= 15 is 0 Å². The SMILES string of the molecule is CCOC(=O)c1n[nH]nc1-c1c(OC)ccc(OC)c1O. The van der Waals surface area contributed by atoms with E-state index < -0.39 is 5.97 Å². The Kier molecular flexibility index (Phi) is 4.27. The molecule has 1 heterocycles. The van der Waals surface area contributed by atoms with Crippen molar-refractivity contribution in [3.8, 4) is 28.5 Å². The van der Waals surface area contributed by atoms with Gasteiger partial charge in [-0.15, -0.1) is 5.10 Å². The average molecular weight is 293 g/mol. The lowest BCUT2D eigenvalue weighted by molar-refractivity contribution is 0.0520. The molecule has 1 aromatic heterocycles. The minimum absolute atomic E-state index is 0.0429. The van der Waals surface area contributed by atoms with E-state index in [0.717, 1.165) is 0 Å². The summed E-state index contributed by atoms with van der Waals surface area (Å²) in [5, 5.41) is 20.3. The van der Waals surface area contributed by atoms with Gasteiger partial charge in [0.15, 0.2) is 17.2 Å². The number of H-pyrrole nitrogens is 1. The van der Waals surface area contributed by atoms with Gasteiger partial charge in [0.2, 0.25) is 0 Å². The van der Waals surface area contributed by atoms with Crippen molar-refractivity contribution < 1.29 is 24.1 Å². The highest BCUT2D eigenvalue weighted by atomic mass is 16.5. The molecule has 0 aliphatic carbocycles. The summed E-state index contributed by atoms with van der Waals surface area (Å²) in [5.74, 6) is -0.293. The molecule has 0 saturated carbocycles. The van der Waals surface area contributed by atoms with E-state index in [9.17, 15) is 9.90 Å². The number of phenolic OH excluding ortho intramolecular Hbond substituents is 1. The number of carbonyl (C=O) groups is 1. The molecular formula is C13H15N3O5. The predicted octanol–water partition coefficient (Wildman–Crippen LogP) is 1.37. The number of hydrogen-bond acceptors (Lipinski definition) is 7. The fourth-order valence-electron chi connectivity index (χ4n) is 1.86. The Morgan fingerprint density at radius 3 is 2.52 bits per heavy atom. The minimum atomic E-state index is -0.648. The first-order chi connectivity index (χ1) is 10.1. The molecular weight excluding hydrogens is 278 g/mol. The number of ether oxygens (including phenoxy) is 3. The third kappa shape index (κ3) is 2.60. The third-order valence-electron chi connectivity index (χ3n) is 2.80. The van der Waals surface area contributed by atoms with Crippen molar-refractivity contribution in [1.29, 1.82) is 0 Å². The number of methoxy groups -OCH3 is 2. The van der Waals surface area contributed by atoms with E-state index in [1.54, 1.807) is 19.1 Å². The van der Waals surface area contributed by atoms with Crippen molar-refractivity contribution in [2.24, 2.45) is 0 Å². The topological polar surface area (TPSA) is 107 Å². The fourth-order valence-corrected chi connectivity index (χ4v) is 1.86. The van der Waals surface area contributed by atoms with Gasteiger partial charge in [-0.3, -0.25) is 0 Å². The standard InChI is InChI=1S/C13H15N3O5/c1-4-21-13(18)11-10(14-16-15-11)9-7(19-2)5-6-8(20-3)12(9)17/h5-6,17H,4H2,1-3H3,(H,14,15,16). The van der Waals surface area contributed by atoms with Crippen molar-refractivity contribution in [3.63, 3.8) is 0 Å². The van der Waals surface area contributed by atoms with Crippen LogP contribution in [-0.4, -0.2) is 47.3 Å². The van der Waals surface area contributed by atoms with Crippen LogP contribution in [-0.2, 0) is 4.74 Å². The van der Waals surface area contributed by atoms with Gasteiger partial charge in [0.05, 0.1) is 26.4 Å². The molecule has 8 nitrogen and oxygen atoms in total. The van der Waals surface area contributed by atoms with Gasteiger partial charge in [-0.25, -0.2) is 4.79 Å². The highest BCUT2D eigenvalue weighted by Crippen LogP contribution is 2.43. The number of nitrogens with zero attached hydrogens (tertiary/aromatic N) is 2. The maximum Gasteiger partial charge on any atom is 0.361 e. The number of nitrogens with one attached hydrogen (secondary N) is 1. The Balaban J connectivity index is 2.62. The van der Waals surface area contributed by atoms with Crippen molar-refractivity contribution in [2.75, 3.05) is 20.8 Å². The van der Waals surface area contributed by atoms with Crippen LogP contribution < -0.4 is 9.47 Å². The average Bonchev–Trinajstić information content (AvgIpc) is 2.96. The number of carbonyl (C=O) groups excluding carboxylic acids is 1. The van der Waals surface area contributed by atoms with Crippen LogP contribution in [0.2, 0.25) is 0 Å². The van der Waals surface area contributed by atoms with Gasteiger partial charge in [0.25, 0.3) is 0 Å². The van der Waals surface area contributed by atoms with E-state index in [-0.39, 0.29) is 35.1 Å². The summed E-state index contributed by atoms with van der Waals surface area (Å²) in [6, 6.07) is 3.14. The second-order valence-electron chi connectivity index (χ2n) is 3.93. The van der Waals surface area contributed by atoms with Gasteiger partial charge in [-0.1, -0.05) is 0 Å². The molecule has 0 unspecified atom stereocenters. The third-order valence-corrected chi connectivity index (χ3v) is 2.80. The number of phenols is 1. The molecule has 1 aromatic carbocycles. The van der Waals surface area contributed by atoms with Gasteiger partial charge >= 0.3 is 5.97 Å². The van der Waals surface area contributed by atoms with Crippen LogP contribution in [0.5, 0.6) is 17.2 Å². The summed E-state index contributed by atoms with van der Waals surface area (Å²) in [6.07, 6.45) is 0. The zero-order chi connectivity index (χ0) is 15.4. The molecule has 21 heavy (non-hydrogen) atoms. The second kappa shape index (κ2) is 6.12. The lowest BCUT2D eigenvalue weighted by Crippen LogP contribution is -2.07. The number of aromatic hydroxyl groups is 1. The van der Waals surface area contributed by atoms with Gasteiger partial charge in [-0.2, -0.15) is 10.3 Å². The van der Waals surface area contributed by atoms with E-state index in [0.29, 0.717) is 5.75 Å². The molecule has 0 saturated heterocycles. The molecule has 2 rings (SSSR count). The van der Waals surface area contributed by atoms with Crippen molar-refractivity contribution in [1.82, 2.24) is 15.4 Å². The van der Waals surface area contributed by atoms with Crippen LogP contribution in [0.25, 0.3) is 11.3 Å². The molecule has 112 valence electrons. The number of aromatic nitrogens is 3. The van der Waals surface area contributed by atoms with Gasteiger partial charge in [0, 0.05) is 0 Å². The lowest BCUT2D eigenvalue weighted by atomic mass is 10.1. The molecule has 0 aliphatic rings. The summed E-state index contributed by atoms with van der Waals surface area (Å²) in [5.41, 5.74) is 0.286. The molecule has 0 atom stereocenters. The van der Waals surface area contributed by atoms with Crippen LogP contribution in [0.15, 0.2) is 12.1 Å². The highest BCUT2D eigenvalue weighted by molar-refractivity contribution is 5.96. The summed E-state index contributed by atoms with van der Waals surface area (Å²) in [7, 11) is 2.86. The largest absolute Gasteiger partial charge is 0.504 e. The Morgan fingerprint density at radius 1 is 1.24 bits per heavy atom. The highest BCUT2D eigenvalue weighted by Gasteiger charge is 2.26. The molecule has 0 aliphatic heterocycles. The zero-order valence-corrected chi connectivity index (χ0v) is 11.8. The Morgan fingerprint density at radius 2 is 1.90 bits per heavy atom. The number of aromatic amines is 1. The number of esters is 1. The predicted molar refractivity (Wildman–Crippen MR) is 72.5 cm³/mol. The van der Waals surface area contributed by atoms with Crippen molar-refractivity contribution in [3.05, 3.63) is 17.8 Å². The zero-order valence-electron chi connectivity index (χ0n) is 11.8. The molecule has 8 heteroatoms. The Labute approximate surface area is 120 Å². The van der Waals surface area contributed by atoms with Crippen LogP contribution >= 0.6 is 0 Å². The number of benzene rings is 1. The smallest absolute Gasteiger partial charge is 0.361 e. The van der Waals surface area contributed by atoms with Crippen LogP contribution in [0.4, 0.5) is 0 Å². The maximum absolute atomic E-state index is 11.9. The monoisotopic (exact) mass is 293 g/mol. The minimum Gasteiger partial charge on any atom is -0.504 e. The molecule has 0 bridgehead atoms. The maximum atomic E-state index is 11.9. The van der Waals surface area contributed by atoms with Gasteiger partial charge in [0.1, 0.15) is 11.4 Å². The summed E-state index contributed by atoms with van der Waals surface area (Å²) < 4.78 is 15.1. The van der Waals surface area contributed by atoms with Crippen LogP contribution in [0.1, 0.15) is 17.4 Å². The molecule has 0 amide bonds. The summed E-state index contributed by atoms with van der Waals surface area (Å²) in [4.78, 5) is 11.9. The van der Waals surface area contributed by atoms with Crippen LogP contribution in [0.3, 0.4) is 0 Å². The van der Waals surface area contributed by atoms with E-state index in [4.69, 9.17) is 14.2 Å². The van der Waals surface area contributed by atoms with Crippen molar-refractivity contribution >= 4 is 5.97 Å². The van der Waals surface area contributed by atoms with E-state index in [1.807, 2.05) is 0 Å². The normalized spacial score (nSPS) is 10.2. The number of rotatable bonds is 5. The first kappa shape index (κ1) is 14.6. The second-order valence-corrected chi connectivity index (χ2v) is 3.93. The molecule has 0 radical (unpaired) electrons. The van der Waals surface area contributed by atoms with Crippen LogP contribution in [0, 0.1) is 0 Å². The van der Waals surface area contributed by atoms with Crippen molar-refractivity contribution in [2.45, 2.75) is 6.92 Å². The number of hydrogen-bond donors (Lipinski definition) is 2. The Bertz CT molecular complexity index is 653. The van der Waals surface area contributed by atoms with E-state index in [2.05, 4.69) is 15.4 Å². The quantitative estimate of drug-likeness (QED) is 0.802. The van der Waals surface area contributed by atoms with E-state index in [1.165, 1.54) is 14.2 Å². The van der Waals surface area contributed by atoms with Gasteiger partial charge < -0.3 is 19.3 Å². The fraction of sp³-hybridized carbons (Fsp3) is 0.308.